The van der Waals surface area contributed by atoms with Crippen LogP contribution in [-0.2, 0) is 0 Å². The van der Waals surface area contributed by atoms with Gasteiger partial charge in [0.15, 0.2) is 11.6 Å². The van der Waals surface area contributed by atoms with E-state index in [1.54, 1.807) is 0 Å². The van der Waals surface area contributed by atoms with Gasteiger partial charge in [0.25, 0.3) is 5.91 Å². The summed E-state index contributed by atoms with van der Waals surface area (Å²) in [5.74, 6) is -3.84. The first-order valence-electron chi connectivity index (χ1n) is 7.37. The predicted octanol–water partition coefficient (Wildman–Crippen LogP) is 3.31. The average Bonchev–Trinajstić information content (AvgIpc) is 2.64. The number of amides is 1. The first kappa shape index (κ1) is 17.3. The third kappa shape index (κ3) is 3.61. The molecule has 0 unspecified atom stereocenters. The van der Waals surface area contributed by atoms with E-state index < -0.39 is 23.5 Å². The van der Waals surface area contributed by atoms with E-state index in [-0.39, 0.29) is 17.1 Å². The molecular weight excluding hydrogens is 347 g/mol. The summed E-state index contributed by atoms with van der Waals surface area (Å²) in [5, 5.41) is 2.37. The Morgan fingerprint density at radius 2 is 1.85 bits per heavy atom. The van der Waals surface area contributed by atoms with Crippen LogP contribution in [0, 0.1) is 17.6 Å². The van der Waals surface area contributed by atoms with Crippen molar-refractivity contribution in [2.75, 3.05) is 17.3 Å². The van der Waals surface area contributed by atoms with Gasteiger partial charge < -0.3 is 10.2 Å². The lowest BCUT2D eigenvalue weighted by atomic mass is 10.2. The van der Waals surface area contributed by atoms with Crippen molar-refractivity contribution in [2.24, 2.45) is 0 Å². The van der Waals surface area contributed by atoms with E-state index in [1.807, 2.05) is 0 Å². The van der Waals surface area contributed by atoms with E-state index in [0.29, 0.717) is 5.69 Å². The van der Waals surface area contributed by atoms with Crippen molar-refractivity contribution in [3.8, 4) is 0 Å². The zero-order valence-corrected chi connectivity index (χ0v) is 13.4. The molecule has 0 aliphatic rings. The Balaban J connectivity index is 1.92. The molecule has 2 heterocycles. The standard InChI is InChI=1S/C17H12F3N5O/c1-25(11-7-21-9-22-8-11)14-6-10(5-12(18)16(14)20)23-17(26)13-3-2-4-15(19)24-13/h2-9H,1H3,(H,23,26). The van der Waals surface area contributed by atoms with E-state index >= 15 is 0 Å². The Morgan fingerprint density at radius 1 is 1.12 bits per heavy atom. The van der Waals surface area contributed by atoms with Crippen LogP contribution < -0.4 is 10.2 Å². The first-order valence-corrected chi connectivity index (χ1v) is 7.37. The summed E-state index contributed by atoms with van der Waals surface area (Å²) < 4.78 is 41.3. The highest BCUT2D eigenvalue weighted by Crippen LogP contribution is 2.30. The Hall–Kier alpha value is -3.49. The molecule has 0 radical (unpaired) electrons. The number of carbonyl (C=O) groups excluding carboxylic acids is 1. The monoisotopic (exact) mass is 359 g/mol. The molecule has 0 saturated heterocycles. The molecule has 26 heavy (non-hydrogen) atoms. The molecule has 0 bridgehead atoms. The minimum Gasteiger partial charge on any atom is -0.340 e. The van der Waals surface area contributed by atoms with Gasteiger partial charge in [-0.25, -0.2) is 23.7 Å². The van der Waals surface area contributed by atoms with Crippen molar-refractivity contribution in [2.45, 2.75) is 0 Å². The van der Waals surface area contributed by atoms with Crippen molar-refractivity contribution in [1.29, 1.82) is 0 Å². The van der Waals surface area contributed by atoms with Gasteiger partial charge in [0, 0.05) is 18.8 Å². The van der Waals surface area contributed by atoms with Crippen LogP contribution in [0.15, 0.2) is 49.1 Å². The lowest BCUT2D eigenvalue weighted by molar-refractivity contribution is 0.102. The molecule has 9 heteroatoms. The molecular formula is C17H12F3N5O. The Kier molecular flexibility index (Phi) is 4.78. The second-order valence-electron chi connectivity index (χ2n) is 5.25. The normalized spacial score (nSPS) is 10.5. The summed E-state index contributed by atoms with van der Waals surface area (Å²) in [6.07, 6.45) is 4.15. The molecule has 2 aromatic heterocycles. The Morgan fingerprint density at radius 3 is 2.54 bits per heavy atom. The molecule has 3 aromatic rings. The Bertz CT molecular complexity index is 952. The third-order valence-corrected chi connectivity index (χ3v) is 3.51. The number of halogens is 3. The summed E-state index contributed by atoms with van der Waals surface area (Å²) >= 11 is 0. The number of nitrogens with one attached hydrogen (secondary N) is 1. The maximum Gasteiger partial charge on any atom is 0.274 e. The number of hydrogen-bond donors (Lipinski definition) is 1. The third-order valence-electron chi connectivity index (χ3n) is 3.51. The quantitative estimate of drug-likeness (QED) is 0.724. The van der Waals surface area contributed by atoms with Gasteiger partial charge in [0.05, 0.1) is 23.8 Å². The molecule has 0 spiro atoms. The van der Waals surface area contributed by atoms with Crippen LogP contribution in [0.25, 0.3) is 0 Å². The van der Waals surface area contributed by atoms with Crippen LogP contribution in [0.3, 0.4) is 0 Å². The molecule has 1 N–H and O–H groups in total. The number of rotatable bonds is 4. The van der Waals surface area contributed by atoms with Gasteiger partial charge in [0.2, 0.25) is 5.95 Å². The van der Waals surface area contributed by atoms with E-state index in [4.69, 9.17) is 0 Å². The first-order chi connectivity index (χ1) is 12.5. The fourth-order valence-corrected chi connectivity index (χ4v) is 2.22. The molecule has 132 valence electrons. The number of hydrogen-bond acceptors (Lipinski definition) is 5. The van der Waals surface area contributed by atoms with Crippen molar-refractivity contribution < 1.29 is 18.0 Å². The van der Waals surface area contributed by atoms with Crippen LogP contribution >= 0.6 is 0 Å². The van der Waals surface area contributed by atoms with Crippen LogP contribution in [0.4, 0.5) is 30.2 Å². The predicted molar refractivity (Wildman–Crippen MR) is 88.6 cm³/mol. The SMILES string of the molecule is CN(c1cncnc1)c1cc(NC(=O)c2cccc(F)n2)cc(F)c1F. The highest BCUT2D eigenvalue weighted by atomic mass is 19.2. The molecule has 3 rings (SSSR count). The average molecular weight is 359 g/mol. The number of benzene rings is 1. The minimum absolute atomic E-state index is 0.0151. The molecule has 0 fully saturated rings. The van der Waals surface area contributed by atoms with Gasteiger partial charge in [-0.05, 0) is 18.2 Å². The summed E-state index contributed by atoms with van der Waals surface area (Å²) in [6, 6.07) is 5.76. The van der Waals surface area contributed by atoms with Crippen LogP contribution in [0.2, 0.25) is 0 Å². The minimum atomic E-state index is -1.16. The number of carbonyl (C=O) groups is 1. The maximum atomic E-state index is 14.2. The van der Waals surface area contributed by atoms with Gasteiger partial charge in [-0.3, -0.25) is 4.79 Å². The second-order valence-corrected chi connectivity index (χ2v) is 5.25. The topological polar surface area (TPSA) is 71.0 Å². The van der Waals surface area contributed by atoms with Crippen LogP contribution in [-0.4, -0.2) is 27.9 Å². The van der Waals surface area contributed by atoms with Crippen LogP contribution in [0.5, 0.6) is 0 Å². The van der Waals surface area contributed by atoms with E-state index in [0.717, 1.165) is 12.1 Å². The lowest BCUT2D eigenvalue weighted by Gasteiger charge is -2.20. The molecule has 1 amide bonds. The highest BCUT2D eigenvalue weighted by Gasteiger charge is 2.18. The van der Waals surface area contributed by atoms with Crippen molar-refractivity contribution in [3.05, 3.63) is 72.3 Å². The van der Waals surface area contributed by atoms with Crippen molar-refractivity contribution in [3.63, 3.8) is 0 Å². The summed E-state index contributed by atoms with van der Waals surface area (Å²) in [4.78, 5) is 24.5. The highest BCUT2D eigenvalue weighted by molar-refractivity contribution is 6.03. The summed E-state index contributed by atoms with van der Waals surface area (Å²) in [7, 11) is 1.50. The van der Waals surface area contributed by atoms with E-state index in [1.165, 1.54) is 48.9 Å². The molecule has 0 aliphatic heterocycles. The number of nitrogens with zero attached hydrogens (tertiary/aromatic N) is 4. The fraction of sp³-hybridized carbons (Fsp3) is 0.0588. The fourth-order valence-electron chi connectivity index (χ4n) is 2.22. The number of anilines is 3. The Labute approximate surface area is 146 Å². The molecule has 6 nitrogen and oxygen atoms in total. The lowest BCUT2D eigenvalue weighted by Crippen LogP contribution is -2.17. The number of pyridine rings is 1. The van der Waals surface area contributed by atoms with E-state index in [2.05, 4.69) is 20.3 Å². The zero-order chi connectivity index (χ0) is 18.7. The second kappa shape index (κ2) is 7.18. The summed E-state index contributed by atoms with van der Waals surface area (Å²) in [6.45, 7) is 0. The van der Waals surface area contributed by atoms with Gasteiger partial charge in [-0.2, -0.15) is 4.39 Å². The van der Waals surface area contributed by atoms with Gasteiger partial charge in [-0.1, -0.05) is 6.07 Å². The van der Waals surface area contributed by atoms with Crippen LogP contribution in [0.1, 0.15) is 10.5 Å². The molecule has 0 saturated carbocycles. The maximum absolute atomic E-state index is 14.2. The number of aromatic nitrogens is 3. The molecule has 1 aromatic carbocycles. The van der Waals surface area contributed by atoms with Crippen molar-refractivity contribution >= 4 is 23.0 Å². The largest absolute Gasteiger partial charge is 0.340 e. The molecule has 0 atom stereocenters. The summed E-state index contributed by atoms with van der Waals surface area (Å²) in [5.41, 5.74) is 0.0723. The van der Waals surface area contributed by atoms with E-state index in [9.17, 15) is 18.0 Å². The van der Waals surface area contributed by atoms with Gasteiger partial charge in [0.1, 0.15) is 12.0 Å². The molecule has 0 aliphatic carbocycles. The van der Waals surface area contributed by atoms with Gasteiger partial charge >= 0.3 is 0 Å². The van der Waals surface area contributed by atoms with Gasteiger partial charge in [-0.15, -0.1) is 0 Å². The zero-order valence-electron chi connectivity index (χ0n) is 13.4. The smallest absolute Gasteiger partial charge is 0.274 e. The van der Waals surface area contributed by atoms with Crippen molar-refractivity contribution in [1.82, 2.24) is 15.0 Å².